The van der Waals surface area contributed by atoms with E-state index in [2.05, 4.69) is 0 Å². The molecule has 1 aromatic carbocycles. The zero-order valence-corrected chi connectivity index (χ0v) is 15.5. The van der Waals surface area contributed by atoms with Crippen LogP contribution in [0, 0.1) is 5.92 Å². The first-order chi connectivity index (χ1) is 12.0. The lowest BCUT2D eigenvalue weighted by atomic mass is 9.82. The van der Waals surface area contributed by atoms with Crippen LogP contribution < -0.4 is 4.74 Å². The van der Waals surface area contributed by atoms with Gasteiger partial charge in [-0.3, -0.25) is 0 Å². The predicted molar refractivity (Wildman–Crippen MR) is 94.8 cm³/mol. The molecule has 0 N–H and O–H groups in total. The van der Waals surface area contributed by atoms with Crippen molar-refractivity contribution in [3.63, 3.8) is 0 Å². The number of ether oxygens (including phenoxy) is 1. The molecular weight excluding hydrogens is 344 g/mol. The molecule has 1 saturated carbocycles. The lowest BCUT2D eigenvalue weighted by Crippen LogP contribution is -2.41. The lowest BCUT2D eigenvalue weighted by Gasteiger charge is -2.34. The summed E-state index contributed by atoms with van der Waals surface area (Å²) in [6, 6.07) is 6.80. The van der Waals surface area contributed by atoms with Gasteiger partial charge in [-0.1, -0.05) is 12.1 Å². The SMILES string of the molecule is CC1(C)OB(C(F)=Cc2ccc(OCC3CC(F)(F)C3)cc2)OC1(C)C. The fraction of sp³-hybridized carbons (Fsp3) is 0.579. The summed E-state index contributed by atoms with van der Waals surface area (Å²) >= 11 is 0. The van der Waals surface area contributed by atoms with E-state index in [1.54, 1.807) is 24.3 Å². The molecule has 26 heavy (non-hydrogen) atoms. The molecule has 1 heterocycles. The average molecular weight is 368 g/mol. The van der Waals surface area contributed by atoms with E-state index < -0.39 is 30.0 Å². The van der Waals surface area contributed by atoms with E-state index in [0.717, 1.165) is 0 Å². The number of halogens is 3. The zero-order chi connectivity index (χ0) is 19.2. The van der Waals surface area contributed by atoms with Crippen molar-refractivity contribution in [2.24, 2.45) is 5.92 Å². The van der Waals surface area contributed by atoms with Crippen LogP contribution >= 0.6 is 0 Å². The van der Waals surface area contributed by atoms with Crippen LogP contribution in [-0.4, -0.2) is 30.8 Å². The molecule has 1 aliphatic heterocycles. The molecule has 0 bridgehead atoms. The zero-order valence-electron chi connectivity index (χ0n) is 15.5. The number of hydrogen-bond acceptors (Lipinski definition) is 3. The summed E-state index contributed by atoms with van der Waals surface area (Å²) in [5.41, 5.74) is -1.06. The molecule has 1 aromatic rings. The third-order valence-electron chi connectivity index (χ3n) is 5.32. The Morgan fingerprint density at radius 3 is 2.15 bits per heavy atom. The predicted octanol–water partition coefficient (Wildman–Crippen LogP) is 5.05. The molecule has 0 spiro atoms. The number of rotatable bonds is 5. The smallest absolute Gasteiger partial charge is 0.493 e. The molecule has 1 saturated heterocycles. The van der Waals surface area contributed by atoms with E-state index in [4.69, 9.17) is 14.0 Å². The van der Waals surface area contributed by atoms with E-state index in [9.17, 15) is 13.2 Å². The van der Waals surface area contributed by atoms with Crippen molar-refractivity contribution in [3.05, 3.63) is 35.6 Å². The van der Waals surface area contributed by atoms with Crippen LogP contribution in [0.5, 0.6) is 5.75 Å². The molecule has 142 valence electrons. The van der Waals surface area contributed by atoms with E-state index in [-0.39, 0.29) is 25.4 Å². The van der Waals surface area contributed by atoms with Gasteiger partial charge in [0, 0.05) is 18.8 Å². The quantitative estimate of drug-likeness (QED) is 0.681. The minimum Gasteiger partial charge on any atom is -0.493 e. The van der Waals surface area contributed by atoms with Crippen molar-refractivity contribution < 1.29 is 27.2 Å². The Kier molecular flexibility index (Phi) is 4.90. The Morgan fingerprint density at radius 2 is 1.65 bits per heavy atom. The third kappa shape index (κ3) is 4.09. The molecule has 0 radical (unpaired) electrons. The summed E-state index contributed by atoms with van der Waals surface area (Å²) in [4.78, 5) is 0. The second kappa shape index (κ2) is 6.61. The van der Waals surface area contributed by atoms with Crippen molar-refractivity contribution in [3.8, 4) is 5.75 Å². The molecule has 0 aromatic heterocycles. The maximum Gasteiger partial charge on any atom is 0.525 e. The van der Waals surface area contributed by atoms with Gasteiger partial charge in [0.05, 0.1) is 17.8 Å². The fourth-order valence-corrected chi connectivity index (χ4v) is 2.96. The van der Waals surface area contributed by atoms with Crippen LogP contribution in [0.3, 0.4) is 0 Å². The Morgan fingerprint density at radius 1 is 1.12 bits per heavy atom. The highest BCUT2D eigenvalue weighted by atomic mass is 19.3. The van der Waals surface area contributed by atoms with Crippen molar-refractivity contribution in [1.29, 1.82) is 0 Å². The summed E-state index contributed by atoms with van der Waals surface area (Å²) in [5, 5.41) is 0. The molecule has 3 nitrogen and oxygen atoms in total. The van der Waals surface area contributed by atoms with Gasteiger partial charge in [-0.2, -0.15) is 0 Å². The Balaban J connectivity index is 1.56. The summed E-state index contributed by atoms with van der Waals surface area (Å²) in [7, 11) is -1.03. The van der Waals surface area contributed by atoms with Gasteiger partial charge in [0.2, 0.25) is 5.92 Å². The Bertz CT molecular complexity index is 662. The molecule has 2 fully saturated rings. The highest BCUT2D eigenvalue weighted by Gasteiger charge is 2.53. The normalized spacial score (nSPS) is 24.4. The van der Waals surface area contributed by atoms with Gasteiger partial charge < -0.3 is 14.0 Å². The third-order valence-corrected chi connectivity index (χ3v) is 5.32. The van der Waals surface area contributed by atoms with Crippen LogP contribution in [0.4, 0.5) is 13.2 Å². The first-order valence-electron chi connectivity index (χ1n) is 8.81. The summed E-state index contributed by atoms with van der Waals surface area (Å²) in [5.74, 6) is -2.06. The van der Waals surface area contributed by atoms with E-state index in [1.165, 1.54) is 6.08 Å². The number of hydrogen-bond donors (Lipinski definition) is 0. The van der Waals surface area contributed by atoms with E-state index >= 15 is 0 Å². The van der Waals surface area contributed by atoms with E-state index in [1.807, 2.05) is 27.7 Å². The van der Waals surface area contributed by atoms with E-state index in [0.29, 0.717) is 11.3 Å². The highest BCUT2D eigenvalue weighted by molar-refractivity contribution is 6.54. The molecule has 0 atom stereocenters. The molecule has 1 aliphatic carbocycles. The summed E-state index contributed by atoms with van der Waals surface area (Å²) in [6.45, 7) is 7.73. The van der Waals surface area contributed by atoms with Gasteiger partial charge in [0.15, 0.2) is 0 Å². The first kappa shape index (κ1) is 19.3. The molecule has 0 amide bonds. The summed E-state index contributed by atoms with van der Waals surface area (Å²) < 4.78 is 56.9. The second-order valence-electron chi connectivity index (χ2n) is 8.13. The minimum atomic E-state index is -2.53. The van der Waals surface area contributed by atoms with Crippen LogP contribution in [-0.2, 0) is 9.31 Å². The van der Waals surface area contributed by atoms with Gasteiger partial charge >= 0.3 is 7.12 Å². The van der Waals surface area contributed by atoms with Crippen LogP contribution in [0.15, 0.2) is 30.0 Å². The van der Waals surface area contributed by atoms with Crippen molar-refractivity contribution in [2.75, 3.05) is 6.61 Å². The van der Waals surface area contributed by atoms with Gasteiger partial charge in [-0.15, -0.1) is 0 Å². The highest BCUT2D eigenvalue weighted by Crippen LogP contribution is 2.42. The van der Waals surface area contributed by atoms with Crippen molar-refractivity contribution in [2.45, 2.75) is 57.7 Å². The van der Waals surface area contributed by atoms with Crippen LogP contribution in [0.25, 0.3) is 6.08 Å². The number of alkyl halides is 2. The van der Waals surface area contributed by atoms with Crippen molar-refractivity contribution >= 4 is 13.2 Å². The number of benzene rings is 1. The fourth-order valence-electron chi connectivity index (χ4n) is 2.96. The van der Waals surface area contributed by atoms with Crippen LogP contribution in [0.1, 0.15) is 46.1 Å². The Hall–Kier alpha value is -1.47. The van der Waals surface area contributed by atoms with Gasteiger partial charge in [-0.05, 0) is 51.5 Å². The van der Waals surface area contributed by atoms with Gasteiger partial charge in [-0.25, -0.2) is 13.2 Å². The Labute approximate surface area is 152 Å². The molecule has 3 rings (SSSR count). The minimum absolute atomic E-state index is 0.106. The monoisotopic (exact) mass is 368 g/mol. The second-order valence-corrected chi connectivity index (χ2v) is 8.13. The maximum absolute atomic E-state index is 14.5. The topological polar surface area (TPSA) is 27.7 Å². The molecule has 7 heteroatoms. The molecular formula is C19H24BF3O3. The lowest BCUT2D eigenvalue weighted by molar-refractivity contribution is -0.119. The summed E-state index contributed by atoms with van der Waals surface area (Å²) in [6.07, 6.45) is 1.12. The first-order valence-corrected chi connectivity index (χ1v) is 8.81. The van der Waals surface area contributed by atoms with Crippen molar-refractivity contribution in [1.82, 2.24) is 0 Å². The molecule has 2 aliphatic rings. The average Bonchev–Trinajstić information content (AvgIpc) is 2.73. The maximum atomic E-state index is 14.5. The largest absolute Gasteiger partial charge is 0.525 e. The van der Waals surface area contributed by atoms with Crippen LogP contribution in [0.2, 0.25) is 0 Å². The standard InChI is InChI=1S/C19H24BF3O3/c1-17(2)18(3,4)26-20(25-17)16(21)9-13-5-7-15(8-6-13)24-12-14-10-19(22,23)11-14/h5-9,14H,10-12H2,1-4H3. The van der Waals surface area contributed by atoms with Gasteiger partial charge in [0.25, 0.3) is 0 Å². The molecule has 0 unspecified atom stereocenters. The van der Waals surface area contributed by atoms with Gasteiger partial charge in [0.1, 0.15) is 11.5 Å².